The highest BCUT2D eigenvalue weighted by atomic mass is 16.5. The lowest BCUT2D eigenvalue weighted by atomic mass is 9.88. The zero-order valence-corrected chi connectivity index (χ0v) is 19.3. The number of methoxy groups -OCH3 is 1. The van der Waals surface area contributed by atoms with E-state index in [-0.39, 0.29) is 17.7 Å². The standard InChI is InChI=1S/C27H29N3O4/c1-33-24-11-10-23(17-25(24)34-18-19-12-14-28-15-13-19)30-27(32)21-8-5-9-22(16-21)29-26(31)20-6-3-2-4-7-20/h5,8-17,20H,2-4,6-7,18H2,1H3,(H,29,31)(H,30,32). The molecule has 0 saturated heterocycles. The summed E-state index contributed by atoms with van der Waals surface area (Å²) in [6.07, 6.45) is 8.65. The molecule has 7 heteroatoms. The van der Waals surface area contributed by atoms with Gasteiger partial charge in [-0.05, 0) is 60.9 Å². The second-order valence-electron chi connectivity index (χ2n) is 8.37. The second kappa shape index (κ2) is 11.3. The fraction of sp³-hybridized carbons (Fsp3) is 0.296. The van der Waals surface area contributed by atoms with Crippen molar-refractivity contribution in [3.63, 3.8) is 0 Å². The largest absolute Gasteiger partial charge is 0.493 e. The SMILES string of the molecule is COc1ccc(NC(=O)c2cccc(NC(=O)C3CCCCC3)c2)cc1OCc1ccncc1. The Balaban J connectivity index is 1.41. The molecule has 3 aromatic rings. The Labute approximate surface area is 199 Å². The molecular formula is C27H29N3O4. The van der Waals surface area contributed by atoms with Crippen LogP contribution in [0, 0.1) is 5.92 Å². The van der Waals surface area contributed by atoms with E-state index >= 15 is 0 Å². The first kappa shape index (κ1) is 23.3. The summed E-state index contributed by atoms with van der Waals surface area (Å²) in [4.78, 5) is 29.5. The topological polar surface area (TPSA) is 89.6 Å². The monoisotopic (exact) mass is 459 g/mol. The van der Waals surface area contributed by atoms with Crippen LogP contribution in [0.4, 0.5) is 11.4 Å². The normalized spacial score (nSPS) is 13.7. The molecule has 2 N–H and O–H groups in total. The Bertz CT molecular complexity index is 1130. The van der Waals surface area contributed by atoms with E-state index in [1.165, 1.54) is 6.42 Å². The van der Waals surface area contributed by atoms with Crippen molar-refractivity contribution in [2.75, 3.05) is 17.7 Å². The molecule has 0 spiro atoms. The van der Waals surface area contributed by atoms with Crippen molar-refractivity contribution in [2.45, 2.75) is 38.7 Å². The number of benzene rings is 2. The van der Waals surface area contributed by atoms with E-state index in [1.54, 1.807) is 62.0 Å². The zero-order valence-electron chi connectivity index (χ0n) is 19.3. The van der Waals surface area contributed by atoms with Gasteiger partial charge < -0.3 is 20.1 Å². The van der Waals surface area contributed by atoms with Crippen molar-refractivity contribution in [1.82, 2.24) is 4.98 Å². The quantitative estimate of drug-likeness (QED) is 0.468. The minimum absolute atomic E-state index is 0.0309. The molecule has 4 rings (SSSR count). The first-order valence-electron chi connectivity index (χ1n) is 11.5. The number of nitrogens with zero attached hydrogens (tertiary/aromatic N) is 1. The molecule has 0 unspecified atom stereocenters. The molecule has 0 aliphatic heterocycles. The van der Waals surface area contributed by atoms with E-state index in [2.05, 4.69) is 15.6 Å². The fourth-order valence-corrected chi connectivity index (χ4v) is 4.06. The number of rotatable bonds is 8. The van der Waals surface area contributed by atoms with Gasteiger partial charge in [0, 0.05) is 41.3 Å². The van der Waals surface area contributed by atoms with Gasteiger partial charge in [-0.3, -0.25) is 14.6 Å². The minimum Gasteiger partial charge on any atom is -0.493 e. The van der Waals surface area contributed by atoms with Gasteiger partial charge in [0.2, 0.25) is 5.91 Å². The molecule has 0 bridgehead atoms. The molecule has 1 aliphatic rings. The van der Waals surface area contributed by atoms with Gasteiger partial charge in [-0.15, -0.1) is 0 Å². The third-order valence-corrected chi connectivity index (χ3v) is 5.93. The molecule has 0 radical (unpaired) electrons. The van der Waals surface area contributed by atoms with E-state index in [1.807, 2.05) is 12.1 Å². The van der Waals surface area contributed by atoms with Gasteiger partial charge in [0.1, 0.15) is 6.61 Å². The van der Waals surface area contributed by atoms with Crippen molar-refractivity contribution in [1.29, 1.82) is 0 Å². The number of ether oxygens (including phenoxy) is 2. The van der Waals surface area contributed by atoms with Gasteiger partial charge in [-0.25, -0.2) is 0 Å². The van der Waals surface area contributed by atoms with Crippen LogP contribution in [0.1, 0.15) is 48.0 Å². The van der Waals surface area contributed by atoms with Gasteiger partial charge in [0.05, 0.1) is 7.11 Å². The van der Waals surface area contributed by atoms with Crippen molar-refractivity contribution in [3.05, 3.63) is 78.1 Å². The average Bonchev–Trinajstić information content (AvgIpc) is 2.89. The van der Waals surface area contributed by atoms with E-state index in [4.69, 9.17) is 9.47 Å². The number of aromatic nitrogens is 1. The van der Waals surface area contributed by atoms with Crippen molar-refractivity contribution in [2.24, 2.45) is 5.92 Å². The lowest BCUT2D eigenvalue weighted by Crippen LogP contribution is -2.24. The molecular weight excluding hydrogens is 430 g/mol. The molecule has 1 heterocycles. The number of carbonyl (C=O) groups excluding carboxylic acids is 2. The van der Waals surface area contributed by atoms with Crippen molar-refractivity contribution >= 4 is 23.2 Å². The van der Waals surface area contributed by atoms with Crippen LogP contribution in [-0.4, -0.2) is 23.9 Å². The number of pyridine rings is 1. The van der Waals surface area contributed by atoms with Crippen LogP contribution in [0.2, 0.25) is 0 Å². The number of hydrogen-bond acceptors (Lipinski definition) is 5. The van der Waals surface area contributed by atoms with E-state index in [0.29, 0.717) is 35.0 Å². The summed E-state index contributed by atoms with van der Waals surface area (Å²) >= 11 is 0. The lowest BCUT2D eigenvalue weighted by Gasteiger charge is -2.20. The minimum atomic E-state index is -0.279. The summed E-state index contributed by atoms with van der Waals surface area (Å²) in [5.74, 6) is 0.892. The maximum absolute atomic E-state index is 12.9. The van der Waals surface area contributed by atoms with E-state index < -0.39 is 0 Å². The average molecular weight is 460 g/mol. The summed E-state index contributed by atoms with van der Waals surface area (Å²) in [6, 6.07) is 16.0. The molecule has 1 aliphatic carbocycles. The molecule has 1 fully saturated rings. The van der Waals surface area contributed by atoms with Gasteiger partial charge in [-0.1, -0.05) is 25.3 Å². The van der Waals surface area contributed by atoms with Crippen LogP contribution in [0.3, 0.4) is 0 Å². The van der Waals surface area contributed by atoms with Gasteiger partial charge in [0.15, 0.2) is 11.5 Å². The molecule has 2 amide bonds. The van der Waals surface area contributed by atoms with Gasteiger partial charge in [-0.2, -0.15) is 0 Å². The summed E-state index contributed by atoms with van der Waals surface area (Å²) in [5.41, 5.74) is 2.63. The third kappa shape index (κ3) is 6.13. The summed E-state index contributed by atoms with van der Waals surface area (Å²) in [7, 11) is 1.57. The third-order valence-electron chi connectivity index (χ3n) is 5.93. The van der Waals surface area contributed by atoms with E-state index in [9.17, 15) is 9.59 Å². The predicted octanol–water partition coefficient (Wildman–Crippen LogP) is 5.44. The second-order valence-corrected chi connectivity index (χ2v) is 8.37. The van der Waals surface area contributed by atoms with Crippen LogP contribution in [0.15, 0.2) is 67.0 Å². The fourth-order valence-electron chi connectivity index (χ4n) is 4.06. The number of nitrogens with one attached hydrogen (secondary N) is 2. The highest BCUT2D eigenvalue weighted by Gasteiger charge is 2.21. The Morgan fingerprint density at radius 3 is 2.44 bits per heavy atom. The summed E-state index contributed by atoms with van der Waals surface area (Å²) < 4.78 is 11.3. The first-order valence-corrected chi connectivity index (χ1v) is 11.5. The molecule has 176 valence electrons. The Hall–Kier alpha value is -3.87. The Morgan fingerprint density at radius 1 is 0.912 bits per heavy atom. The van der Waals surface area contributed by atoms with Gasteiger partial charge >= 0.3 is 0 Å². The lowest BCUT2D eigenvalue weighted by molar-refractivity contribution is -0.120. The number of amides is 2. The summed E-state index contributed by atoms with van der Waals surface area (Å²) in [6.45, 7) is 0.346. The Morgan fingerprint density at radius 2 is 1.68 bits per heavy atom. The predicted molar refractivity (Wildman–Crippen MR) is 131 cm³/mol. The van der Waals surface area contributed by atoms with Crippen LogP contribution in [-0.2, 0) is 11.4 Å². The molecule has 2 aromatic carbocycles. The number of carbonyl (C=O) groups is 2. The van der Waals surface area contributed by atoms with E-state index in [0.717, 1.165) is 31.2 Å². The highest BCUT2D eigenvalue weighted by Crippen LogP contribution is 2.31. The van der Waals surface area contributed by atoms with Crippen LogP contribution < -0.4 is 20.1 Å². The highest BCUT2D eigenvalue weighted by molar-refractivity contribution is 6.05. The maximum Gasteiger partial charge on any atom is 0.255 e. The van der Waals surface area contributed by atoms with Gasteiger partial charge in [0.25, 0.3) is 5.91 Å². The maximum atomic E-state index is 12.9. The molecule has 7 nitrogen and oxygen atoms in total. The number of hydrogen-bond donors (Lipinski definition) is 2. The zero-order chi connectivity index (χ0) is 23.8. The van der Waals surface area contributed by atoms with Crippen molar-refractivity contribution < 1.29 is 19.1 Å². The molecule has 34 heavy (non-hydrogen) atoms. The summed E-state index contributed by atoms with van der Waals surface area (Å²) in [5, 5.41) is 5.86. The molecule has 1 aromatic heterocycles. The smallest absolute Gasteiger partial charge is 0.255 e. The van der Waals surface area contributed by atoms with Crippen molar-refractivity contribution in [3.8, 4) is 11.5 Å². The number of anilines is 2. The first-order chi connectivity index (χ1) is 16.6. The Kier molecular flexibility index (Phi) is 7.75. The van der Waals surface area contributed by atoms with Crippen LogP contribution in [0.5, 0.6) is 11.5 Å². The van der Waals surface area contributed by atoms with Crippen LogP contribution >= 0.6 is 0 Å². The molecule has 0 atom stereocenters. The molecule has 1 saturated carbocycles. The van der Waals surface area contributed by atoms with Crippen LogP contribution in [0.25, 0.3) is 0 Å².